The van der Waals surface area contributed by atoms with E-state index in [0.29, 0.717) is 5.11 Å². The van der Waals surface area contributed by atoms with Gasteiger partial charge in [0.05, 0.1) is 0 Å². The molecule has 2 aromatic rings. The van der Waals surface area contributed by atoms with Crippen LogP contribution in [0, 0.1) is 27.7 Å². The highest BCUT2D eigenvalue weighted by molar-refractivity contribution is 7.80. The lowest BCUT2D eigenvalue weighted by Crippen LogP contribution is -2.26. The van der Waals surface area contributed by atoms with Crippen molar-refractivity contribution < 1.29 is 0 Å². The van der Waals surface area contributed by atoms with Gasteiger partial charge < -0.3 is 16.4 Å². The Bertz CT molecular complexity index is 725. The second-order valence-electron chi connectivity index (χ2n) is 5.59. The summed E-state index contributed by atoms with van der Waals surface area (Å²) in [5.74, 6) is 0.270. The van der Waals surface area contributed by atoms with Gasteiger partial charge in [-0.05, 0) is 62.2 Å². The van der Waals surface area contributed by atoms with E-state index in [1.807, 2.05) is 64.1 Å². The molecule has 2 aromatic carbocycles. The second kappa shape index (κ2) is 7.24. The molecular formula is C18H22N4S. The highest BCUT2D eigenvalue weighted by Crippen LogP contribution is 2.20. The fraction of sp³-hybridized carbons (Fsp3) is 0.222. The molecule has 23 heavy (non-hydrogen) atoms. The minimum Gasteiger partial charge on any atom is -0.369 e. The first-order valence-corrected chi connectivity index (χ1v) is 7.84. The summed E-state index contributed by atoms with van der Waals surface area (Å²) in [5, 5.41) is 6.61. The molecule has 0 heterocycles. The van der Waals surface area contributed by atoms with Gasteiger partial charge in [0.2, 0.25) is 11.1 Å². The average Bonchev–Trinajstić information content (AvgIpc) is 2.47. The molecule has 0 spiro atoms. The number of rotatable bonds is 2. The van der Waals surface area contributed by atoms with Crippen molar-refractivity contribution in [1.29, 1.82) is 0 Å². The van der Waals surface area contributed by atoms with E-state index in [1.165, 1.54) is 0 Å². The summed E-state index contributed by atoms with van der Waals surface area (Å²) >= 11 is 5.29. The predicted octanol–water partition coefficient (Wildman–Crippen LogP) is 4.04. The maximum absolute atomic E-state index is 5.99. The number of aryl methyl sites for hydroxylation is 4. The number of hydrogen-bond donors (Lipinski definition) is 3. The first-order valence-electron chi connectivity index (χ1n) is 7.43. The van der Waals surface area contributed by atoms with E-state index >= 15 is 0 Å². The van der Waals surface area contributed by atoms with Crippen molar-refractivity contribution in [1.82, 2.24) is 0 Å². The summed E-state index contributed by atoms with van der Waals surface area (Å²) in [5.41, 5.74) is 12.4. The number of nitrogens with one attached hydrogen (secondary N) is 2. The molecule has 0 radical (unpaired) electrons. The lowest BCUT2D eigenvalue weighted by Gasteiger charge is -2.13. The fourth-order valence-electron chi connectivity index (χ4n) is 2.42. The summed E-state index contributed by atoms with van der Waals surface area (Å²) in [6.07, 6.45) is 0. The number of guanidine groups is 1. The molecule has 0 saturated heterocycles. The molecule has 120 valence electrons. The molecule has 0 amide bonds. The Labute approximate surface area is 142 Å². The fourth-order valence-corrected chi connectivity index (χ4v) is 2.62. The number of para-hydroxylation sites is 2. The zero-order chi connectivity index (χ0) is 17.0. The van der Waals surface area contributed by atoms with Crippen LogP contribution in [0.4, 0.5) is 11.4 Å². The van der Waals surface area contributed by atoms with E-state index < -0.39 is 0 Å². The number of hydrogen-bond acceptors (Lipinski definition) is 1. The van der Waals surface area contributed by atoms with E-state index in [2.05, 4.69) is 15.6 Å². The summed E-state index contributed by atoms with van der Waals surface area (Å²) < 4.78 is 0. The topological polar surface area (TPSA) is 62.4 Å². The van der Waals surface area contributed by atoms with Crippen LogP contribution in [0.3, 0.4) is 0 Å². The minimum atomic E-state index is 0.270. The normalized spacial score (nSPS) is 11.2. The van der Waals surface area contributed by atoms with Crippen LogP contribution >= 0.6 is 12.2 Å². The molecule has 2 rings (SSSR count). The van der Waals surface area contributed by atoms with Crippen LogP contribution in [0.1, 0.15) is 22.3 Å². The highest BCUT2D eigenvalue weighted by Gasteiger charge is 2.06. The lowest BCUT2D eigenvalue weighted by atomic mass is 10.1. The molecule has 0 saturated carbocycles. The van der Waals surface area contributed by atoms with Gasteiger partial charge in [0, 0.05) is 11.4 Å². The van der Waals surface area contributed by atoms with Gasteiger partial charge in [0.25, 0.3) is 0 Å². The van der Waals surface area contributed by atoms with E-state index in [1.54, 1.807) is 0 Å². The highest BCUT2D eigenvalue weighted by atomic mass is 32.1. The first kappa shape index (κ1) is 17.0. The van der Waals surface area contributed by atoms with Gasteiger partial charge in [-0.25, -0.2) is 0 Å². The molecule has 0 unspecified atom stereocenters. The third kappa shape index (κ3) is 4.29. The number of aliphatic imine (C=N–C) groups is 1. The Morgan fingerprint density at radius 2 is 1.22 bits per heavy atom. The van der Waals surface area contributed by atoms with Crippen LogP contribution in [0.15, 0.2) is 41.4 Å². The molecule has 0 aromatic heterocycles. The quantitative estimate of drug-likeness (QED) is 0.443. The van der Waals surface area contributed by atoms with E-state index in [-0.39, 0.29) is 5.96 Å². The Balaban J connectivity index is 2.13. The third-order valence-electron chi connectivity index (χ3n) is 3.67. The largest absolute Gasteiger partial charge is 0.369 e. The molecule has 0 aliphatic rings. The zero-order valence-electron chi connectivity index (χ0n) is 13.9. The van der Waals surface area contributed by atoms with Crippen LogP contribution in [0.2, 0.25) is 0 Å². The predicted molar refractivity (Wildman–Crippen MR) is 103 cm³/mol. The van der Waals surface area contributed by atoms with Gasteiger partial charge >= 0.3 is 0 Å². The number of thiocarbonyl (C=S) groups is 1. The van der Waals surface area contributed by atoms with Crippen molar-refractivity contribution >= 4 is 34.7 Å². The second-order valence-corrected chi connectivity index (χ2v) is 5.97. The van der Waals surface area contributed by atoms with Crippen molar-refractivity contribution in [2.75, 3.05) is 10.6 Å². The van der Waals surface area contributed by atoms with Crippen LogP contribution in [0.5, 0.6) is 0 Å². The molecule has 4 nitrogen and oxygen atoms in total. The SMILES string of the molecule is Cc1cccc(C)c1NC(=S)N=C(N)Nc1c(C)cccc1C. The molecule has 0 atom stereocenters. The lowest BCUT2D eigenvalue weighted by molar-refractivity contribution is 1.35. The molecule has 0 fully saturated rings. The minimum absolute atomic E-state index is 0.270. The molecule has 5 heteroatoms. The molecule has 0 aliphatic carbocycles. The standard InChI is InChI=1S/C18H22N4S/c1-11-7-5-8-12(2)15(11)20-17(19)22-18(23)21-16-13(3)9-6-10-14(16)4/h5-10H,1-4H3,(H4,19,20,21,22,23). The molecule has 0 bridgehead atoms. The zero-order valence-corrected chi connectivity index (χ0v) is 14.7. The number of benzene rings is 2. The van der Waals surface area contributed by atoms with Gasteiger partial charge in [0.1, 0.15) is 0 Å². The van der Waals surface area contributed by atoms with Gasteiger partial charge in [-0.15, -0.1) is 0 Å². The van der Waals surface area contributed by atoms with Crippen LogP contribution in [-0.2, 0) is 0 Å². The summed E-state index contributed by atoms with van der Waals surface area (Å²) in [6.45, 7) is 8.10. The first-order chi connectivity index (χ1) is 10.9. The van der Waals surface area contributed by atoms with Gasteiger partial charge in [-0.1, -0.05) is 36.4 Å². The maximum Gasteiger partial charge on any atom is 0.200 e. The van der Waals surface area contributed by atoms with Crippen LogP contribution in [-0.4, -0.2) is 11.1 Å². The van der Waals surface area contributed by atoms with Crippen molar-refractivity contribution in [3.05, 3.63) is 58.7 Å². The van der Waals surface area contributed by atoms with Crippen molar-refractivity contribution in [3.63, 3.8) is 0 Å². The van der Waals surface area contributed by atoms with Gasteiger partial charge in [-0.3, -0.25) is 0 Å². The van der Waals surface area contributed by atoms with Crippen molar-refractivity contribution in [3.8, 4) is 0 Å². The van der Waals surface area contributed by atoms with E-state index in [0.717, 1.165) is 33.6 Å². The van der Waals surface area contributed by atoms with Crippen molar-refractivity contribution in [2.24, 2.45) is 10.7 Å². The molecule has 0 aliphatic heterocycles. The summed E-state index contributed by atoms with van der Waals surface area (Å²) in [7, 11) is 0. The summed E-state index contributed by atoms with van der Waals surface area (Å²) in [4.78, 5) is 4.24. The maximum atomic E-state index is 5.99. The van der Waals surface area contributed by atoms with Crippen molar-refractivity contribution in [2.45, 2.75) is 27.7 Å². The average molecular weight is 326 g/mol. The number of anilines is 2. The Kier molecular flexibility index (Phi) is 5.34. The van der Waals surface area contributed by atoms with Crippen LogP contribution in [0.25, 0.3) is 0 Å². The number of nitrogens with zero attached hydrogens (tertiary/aromatic N) is 1. The monoisotopic (exact) mass is 326 g/mol. The molecule has 4 N–H and O–H groups in total. The van der Waals surface area contributed by atoms with Gasteiger partial charge in [0.15, 0.2) is 0 Å². The smallest absolute Gasteiger partial charge is 0.200 e. The Morgan fingerprint density at radius 3 is 1.65 bits per heavy atom. The van der Waals surface area contributed by atoms with Gasteiger partial charge in [-0.2, -0.15) is 4.99 Å². The van der Waals surface area contributed by atoms with Crippen LogP contribution < -0.4 is 16.4 Å². The van der Waals surface area contributed by atoms with E-state index in [9.17, 15) is 0 Å². The Morgan fingerprint density at radius 1 is 0.826 bits per heavy atom. The molecular weight excluding hydrogens is 304 g/mol. The summed E-state index contributed by atoms with van der Waals surface area (Å²) in [6, 6.07) is 12.1. The number of nitrogens with two attached hydrogens (primary N) is 1. The Hall–Kier alpha value is -2.40. The third-order valence-corrected chi connectivity index (χ3v) is 3.86. The van der Waals surface area contributed by atoms with E-state index in [4.69, 9.17) is 18.0 Å².